The first-order valence-electron chi connectivity index (χ1n) is 11.0. The van der Waals surface area contributed by atoms with Gasteiger partial charge in [-0.3, -0.25) is 19.3 Å². The Hall–Kier alpha value is -2.90. The molecule has 0 spiro atoms. The molecule has 36 heavy (non-hydrogen) atoms. The molecule has 4 atom stereocenters. The van der Waals surface area contributed by atoms with Crippen LogP contribution in [-0.2, 0) is 32.0 Å². The topological polar surface area (TPSA) is 190 Å². The van der Waals surface area contributed by atoms with Gasteiger partial charge in [-0.15, -0.1) is 0 Å². The maximum absolute atomic E-state index is 13.4. The van der Waals surface area contributed by atoms with Crippen LogP contribution in [0.3, 0.4) is 0 Å². The van der Waals surface area contributed by atoms with Gasteiger partial charge in [0.05, 0.1) is 12.1 Å². The zero-order valence-electron chi connectivity index (χ0n) is 19.4. The van der Waals surface area contributed by atoms with Gasteiger partial charge in [-0.2, -0.15) is 0 Å². The monoisotopic (exact) mass is 534 g/mol. The van der Waals surface area contributed by atoms with Crippen LogP contribution >= 0.6 is 21.6 Å². The number of hydrogen-bond acceptors (Lipinski definition) is 9. The molecule has 0 heterocycles. The second-order valence-corrected chi connectivity index (χ2v) is 10.6. The van der Waals surface area contributed by atoms with Crippen molar-refractivity contribution in [3.05, 3.63) is 71.8 Å². The molecule has 194 valence electrons. The molecule has 0 radical (unpaired) electrons. The number of nitrogens with zero attached hydrogens (tertiary/aromatic N) is 1. The molecule has 8 N–H and O–H groups in total. The van der Waals surface area contributed by atoms with Crippen LogP contribution in [0.25, 0.3) is 0 Å². The van der Waals surface area contributed by atoms with Crippen molar-refractivity contribution < 1.29 is 29.4 Å². The molecule has 2 aromatic carbocycles. The number of aliphatic carboxylic acids is 2. The highest BCUT2D eigenvalue weighted by molar-refractivity contribution is 8.76. The number of carboxylic acids is 2. The van der Waals surface area contributed by atoms with Crippen LogP contribution in [0.4, 0.5) is 0 Å². The van der Waals surface area contributed by atoms with Gasteiger partial charge in [-0.05, 0) is 24.0 Å². The van der Waals surface area contributed by atoms with Crippen LogP contribution in [0.5, 0.6) is 0 Å². The van der Waals surface area contributed by atoms with E-state index in [-0.39, 0.29) is 24.3 Å². The first kappa shape index (κ1) is 29.3. The van der Waals surface area contributed by atoms with Crippen LogP contribution in [0.15, 0.2) is 60.7 Å². The fourth-order valence-corrected chi connectivity index (χ4v) is 5.55. The number of carbonyl (C=O) groups is 4. The van der Waals surface area contributed by atoms with E-state index in [2.05, 4.69) is 0 Å². The van der Waals surface area contributed by atoms with E-state index in [4.69, 9.17) is 22.3 Å². The molecule has 10 nitrogen and oxygen atoms in total. The Kier molecular flexibility index (Phi) is 11.9. The third kappa shape index (κ3) is 8.95. The van der Waals surface area contributed by atoms with E-state index in [9.17, 15) is 24.3 Å². The molecule has 0 aliphatic rings. The summed E-state index contributed by atoms with van der Waals surface area (Å²) in [7, 11) is 2.03. The summed E-state index contributed by atoms with van der Waals surface area (Å²) in [6.07, 6.45) is 0.193. The van der Waals surface area contributed by atoms with Crippen molar-refractivity contribution in [3.63, 3.8) is 0 Å². The quantitative estimate of drug-likeness (QED) is 0.170. The predicted molar refractivity (Wildman–Crippen MR) is 140 cm³/mol. The molecule has 0 saturated carbocycles. The largest absolute Gasteiger partial charge is 0.480 e. The first-order chi connectivity index (χ1) is 17.1. The van der Waals surface area contributed by atoms with E-state index in [1.165, 1.54) is 0 Å². The van der Waals surface area contributed by atoms with Gasteiger partial charge in [0.25, 0.3) is 0 Å². The number of benzene rings is 2. The highest BCUT2D eigenvalue weighted by Gasteiger charge is 2.39. The van der Waals surface area contributed by atoms with Crippen LogP contribution in [-0.4, -0.2) is 74.5 Å². The molecular weight excluding hydrogens is 504 g/mol. The van der Waals surface area contributed by atoms with Crippen molar-refractivity contribution in [3.8, 4) is 0 Å². The molecule has 2 amide bonds. The second-order valence-electron chi connectivity index (χ2n) is 8.01. The minimum absolute atomic E-state index is 0.00920. The molecule has 2 rings (SSSR count). The summed E-state index contributed by atoms with van der Waals surface area (Å²) >= 11 is 0. The van der Waals surface area contributed by atoms with Crippen LogP contribution in [0.2, 0.25) is 0 Å². The van der Waals surface area contributed by atoms with Gasteiger partial charge in [0.1, 0.15) is 12.1 Å². The second kappa shape index (κ2) is 14.6. The predicted octanol–water partition coefficient (Wildman–Crippen LogP) is 0.728. The zero-order chi connectivity index (χ0) is 26.7. The number of hydrogen-bond donors (Lipinski definition) is 5. The fourth-order valence-electron chi connectivity index (χ4n) is 3.25. The molecule has 12 heteroatoms. The molecule has 0 bridgehead atoms. The zero-order valence-corrected chi connectivity index (χ0v) is 21.1. The van der Waals surface area contributed by atoms with Gasteiger partial charge in [-0.1, -0.05) is 82.3 Å². The molecule has 0 aromatic heterocycles. The summed E-state index contributed by atoms with van der Waals surface area (Å²) < 4.78 is 0. The Morgan fingerprint density at radius 1 is 0.667 bits per heavy atom. The maximum Gasteiger partial charge on any atom is 0.327 e. The van der Waals surface area contributed by atoms with Gasteiger partial charge in [-0.25, -0.2) is 4.79 Å². The van der Waals surface area contributed by atoms with Gasteiger partial charge in [0, 0.05) is 11.5 Å². The summed E-state index contributed by atoms with van der Waals surface area (Å²) in [6.45, 7) is 0. The van der Waals surface area contributed by atoms with Gasteiger partial charge >= 0.3 is 11.9 Å². The van der Waals surface area contributed by atoms with E-state index in [0.717, 1.165) is 32.7 Å². The van der Waals surface area contributed by atoms with Crippen LogP contribution < -0.4 is 17.2 Å². The molecule has 0 fully saturated rings. The van der Waals surface area contributed by atoms with Crippen LogP contribution in [0.1, 0.15) is 11.1 Å². The summed E-state index contributed by atoms with van der Waals surface area (Å²) in [6, 6.07) is 12.8. The van der Waals surface area contributed by atoms with Crippen molar-refractivity contribution in [2.24, 2.45) is 17.2 Å². The lowest BCUT2D eigenvalue weighted by molar-refractivity contribution is -0.158. The number of carboxylic acid groups (broad SMARTS) is 2. The lowest BCUT2D eigenvalue weighted by Gasteiger charge is -2.31. The van der Waals surface area contributed by atoms with Gasteiger partial charge in [0.2, 0.25) is 11.8 Å². The standard InChI is InChI=1S/C24H30N4O6S2/c25-17(11-15-7-3-1-4-8-15)21(29)28(22(30)18(26)12-16-9-5-2-6-10-16)20(24(33)34)14-36-35-13-19(27)23(31)32/h1-10,17-20H,11-14,25-27H2,(H,31,32)(H,33,34)/t17-,18-,19-,20-/m0/s1. The fraction of sp³-hybridized carbons (Fsp3) is 0.333. The third-order valence-corrected chi connectivity index (χ3v) is 7.61. The minimum atomic E-state index is -1.56. The molecule has 0 unspecified atom stereocenters. The van der Waals surface area contributed by atoms with Crippen molar-refractivity contribution >= 4 is 45.3 Å². The smallest absolute Gasteiger partial charge is 0.327 e. The maximum atomic E-state index is 13.4. The lowest BCUT2D eigenvalue weighted by atomic mass is 10.0. The highest BCUT2D eigenvalue weighted by Crippen LogP contribution is 2.25. The van der Waals surface area contributed by atoms with Gasteiger partial charge < -0.3 is 27.4 Å². The summed E-state index contributed by atoms with van der Waals surface area (Å²) in [4.78, 5) is 50.5. The van der Waals surface area contributed by atoms with Crippen molar-refractivity contribution in [1.29, 1.82) is 0 Å². The van der Waals surface area contributed by atoms with E-state index >= 15 is 0 Å². The molecule has 0 saturated heterocycles. The number of imide groups is 1. The molecular formula is C24H30N4O6S2. The Bertz CT molecular complexity index is 968. The average Bonchev–Trinajstić information content (AvgIpc) is 2.86. The Morgan fingerprint density at radius 2 is 1.08 bits per heavy atom. The third-order valence-electron chi connectivity index (χ3n) is 5.18. The number of amides is 2. The number of rotatable bonds is 14. The van der Waals surface area contributed by atoms with Crippen LogP contribution in [0, 0.1) is 0 Å². The first-order valence-corrected chi connectivity index (χ1v) is 13.5. The Morgan fingerprint density at radius 3 is 1.47 bits per heavy atom. The lowest BCUT2D eigenvalue weighted by Crippen LogP contribution is -2.59. The normalized spacial score (nSPS) is 14.3. The highest BCUT2D eigenvalue weighted by atomic mass is 33.1. The Labute approximate surface area is 217 Å². The summed E-state index contributed by atoms with van der Waals surface area (Å²) in [5.41, 5.74) is 19.2. The van der Waals surface area contributed by atoms with Crippen molar-refractivity contribution in [1.82, 2.24) is 4.90 Å². The SMILES string of the molecule is N[C@@H](CSSC[C@@H](C(=O)O)N(C(=O)[C@@H](N)Cc1ccccc1)C(=O)[C@@H](N)Cc1ccccc1)C(=O)O. The molecule has 0 aliphatic heterocycles. The minimum Gasteiger partial charge on any atom is -0.480 e. The van der Waals surface area contributed by atoms with Crippen molar-refractivity contribution in [2.45, 2.75) is 37.0 Å². The Balaban J connectivity index is 2.24. The van der Waals surface area contributed by atoms with E-state index in [0.29, 0.717) is 4.90 Å². The van der Waals surface area contributed by atoms with E-state index < -0.39 is 47.9 Å². The number of nitrogens with two attached hydrogens (primary N) is 3. The molecule has 2 aromatic rings. The molecule has 0 aliphatic carbocycles. The van der Waals surface area contributed by atoms with E-state index in [1.807, 2.05) is 0 Å². The average molecular weight is 535 g/mol. The summed E-state index contributed by atoms with van der Waals surface area (Å²) in [5.74, 6) is -4.51. The number of carbonyl (C=O) groups excluding carboxylic acids is 2. The van der Waals surface area contributed by atoms with Gasteiger partial charge in [0.15, 0.2) is 0 Å². The van der Waals surface area contributed by atoms with Crippen molar-refractivity contribution in [2.75, 3.05) is 11.5 Å². The van der Waals surface area contributed by atoms with E-state index in [1.54, 1.807) is 60.7 Å². The summed E-state index contributed by atoms with van der Waals surface area (Å²) in [5, 5.41) is 18.8.